The van der Waals surface area contributed by atoms with Crippen LogP contribution in [0.2, 0.25) is 10.0 Å². The van der Waals surface area contributed by atoms with Crippen LogP contribution in [0.3, 0.4) is 0 Å². The van der Waals surface area contributed by atoms with Gasteiger partial charge in [-0.3, -0.25) is 0 Å². The van der Waals surface area contributed by atoms with Gasteiger partial charge in [-0.1, -0.05) is 41.0 Å². The van der Waals surface area contributed by atoms with Gasteiger partial charge in [-0.2, -0.15) is 0 Å². The van der Waals surface area contributed by atoms with Gasteiger partial charge in [-0.15, -0.1) is 10.2 Å². The topological polar surface area (TPSA) is 39.9 Å². The minimum absolute atomic E-state index is 0.501. The fourth-order valence-corrected chi connectivity index (χ4v) is 2.51. The maximum atomic E-state index is 5.99. The van der Waals surface area contributed by atoms with E-state index < -0.39 is 0 Å². The Labute approximate surface area is 119 Å². The normalized spacial score (nSPS) is 10.6. The molecule has 1 aromatic carbocycles. The second-order valence-corrected chi connectivity index (χ2v) is 5.35. The van der Waals surface area contributed by atoms with Gasteiger partial charge in [0.25, 0.3) is 0 Å². The van der Waals surface area contributed by atoms with Crippen molar-refractivity contribution in [1.29, 1.82) is 0 Å². The van der Waals surface area contributed by atoms with Gasteiger partial charge < -0.3 is 9.30 Å². The quantitative estimate of drug-likeness (QED) is 0.628. The first kappa shape index (κ1) is 13.5. The van der Waals surface area contributed by atoms with Crippen LogP contribution >= 0.6 is 35.0 Å². The summed E-state index contributed by atoms with van der Waals surface area (Å²) in [6.07, 6.45) is 1.66. The van der Waals surface area contributed by atoms with Crippen LogP contribution in [0.4, 0.5) is 0 Å². The fraction of sp³-hybridized carbons (Fsp3) is 0.273. The average Bonchev–Trinajstić information content (AvgIpc) is 2.73. The Morgan fingerprint density at radius 3 is 2.67 bits per heavy atom. The standard InChI is InChI=1S/C11H11Cl2N3OS/c1-16-7-14-15-11(16)18-6-5-17-10-8(12)3-2-4-9(10)13/h2-4,7H,5-6H2,1H3. The molecule has 18 heavy (non-hydrogen) atoms. The smallest absolute Gasteiger partial charge is 0.190 e. The zero-order valence-electron chi connectivity index (χ0n) is 9.64. The predicted molar refractivity (Wildman–Crippen MR) is 73.7 cm³/mol. The van der Waals surface area contributed by atoms with Crippen LogP contribution in [-0.2, 0) is 7.05 Å². The van der Waals surface area contributed by atoms with Crippen LogP contribution in [0.15, 0.2) is 29.7 Å². The molecule has 0 spiro atoms. The molecule has 0 saturated carbocycles. The van der Waals surface area contributed by atoms with E-state index in [1.807, 2.05) is 11.6 Å². The van der Waals surface area contributed by atoms with Gasteiger partial charge in [-0.25, -0.2) is 0 Å². The summed E-state index contributed by atoms with van der Waals surface area (Å²) in [6.45, 7) is 0.501. The molecule has 0 saturated heterocycles. The van der Waals surface area contributed by atoms with Crippen molar-refractivity contribution in [3.63, 3.8) is 0 Å². The van der Waals surface area contributed by atoms with E-state index in [9.17, 15) is 0 Å². The second kappa shape index (κ2) is 6.31. The molecule has 0 unspecified atom stereocenters. The van der Waals surface area contributed by atoms with Gasteiger partial charge in [0, 0.05) is 12.8 Å². The molecule has 2 aromatic rings. The number of ether oxygens (including phenoxy) is 1. The largest absolute Gasteiger partial charge is 0.490 e. The number of para-hydroxylation sites is 1. The van der Waals surface area contributed by atoms with Gasteiger partial charge >= 0.3 is 0 Å². The van der Waals surface area contributed by atoms with Gasteiger partial charge in [-0.05, 0) is 12.1 Å². The average molecular weight is 304 g/mol. The molecule has 96 valence electrons. The van der Waals surface area contributed by atoms with E-state index >= 15 is 0 Å². The molecule has 0 fully saturated rings. The number of aryl methyl sites for hydroxylation is 1. The van der Waals surface area contributed by atoms with Crippen LogP contribution in [0.1, 0.15) is 0 Å². The van der Waals surface area contributed by atoms with Crippen LogP contribution < -0.4 is 4.74 Å². The lowest BCUT2D eigenvalue weighted by Crippen LogP contribution is -2.02. The number of halogens is 2. The lowest BCUT2D eigenvalue weighted by molar-refractivity contribution is 0.344. The molecule has 0 aliphatic carbocycles. The lowest BCUT2D eigenvalue weighted by Gasteiger charge is -2.09. The van der Waals surface area contributed by atoms with Gasteiger partial charge in [0.2, 0.25) is 0 Å². The van der Waals surface area contributed by atoms with Crippen LogP contribution in [0.25, 0.3) is 0 Å². The third-order valence-corrected chi connectivity index (χ3v) is 3.74. The lowest BCUT2D eigenvalue weighted by atomic mass is 10.3. The minimum atomic E-state index is 0.501. The zero-order valence-corrected chi connectivity index (χ0v) is 12.0. The summed E-state index contributed by atoms with van der Waals surface area (Å²) >= 11 is 13.5. The second-order valence-electron chi connectivity index (χ2n) is 3.47. The molecule has 0 N–H and O–H groups in total. The van der Waals surface area contributed by atoms with E-state index in [0.29, 0.717) is 22.4 Å². The summed E-state index contributed by atoms with van der Waals surface area (Å²) in [5.41, 5.74) is 0. The van der Waals surface area contributed by atoms with Crippen molar-refractivity contribution in [2.45, 2.75) is 5.16 Å². The Kier molecular flexibility index (Phi) is 4.74. The number of rotatable bonds is 5. The summed E-state index contributed by atoms with van der Waals surface area (Å²) in [4.78, 5) is 0. The highest BCUT2D eigenvalue weighted by molar-refractivity contribution is 7.99. The van der Waals surface area contributed by atoms with E-state index in [1.54, 1.807) is 36.3 Å². The number of benzene rings is 1. The molecule has 1 aromatic heterocycles. The van der Waals surface area contributed by atoms with E-state index in [1.165, 1.54) is 0 Å². The molecule has 7 heteroatoms. The zero-order chi connectivity index (χ0) is 13.0. The van der Waals surface area contributed by atoms with Crippen LogP contribution in [-0.4, -0.2) is 27.1 Å². The number of nitrogens with zero attached hydrogens (tertiary/aromatic N) is 3. The molecule has 1 heterocycles. The highest BCUT2D eigenvalue weighted by Crippen LogP contribution is 2.32. The molecule has 0 atom stereocenters. The molecule has 0 aliphatic heterocycles. The molecule has 4 nitrogen and oxygen atoms in total. The molecular formula is C11H11Cl2N3OS. The van der Waals surface area contributed by atoms with Crippen molar-refractivity contribution in [2.75, 3.05) is 12.4 Å². The van der Waals surface area contributed by atoms with Crippen molar-refractivity contribution in [2.24, 2.45) is 7.05 Å². The van der Waals surface area contributed by atoms with Crippen molar-refractivity contribution < 1.29 is 4.74 Å². The Hall–Kier alpha value is -0.910. The Balaban J connectivity index is 1.84. The maximum Gasteiger partial charge on any atom is 0.190 e. The summed E-state index contributed by atoms with van der Waals surface area (Å²) in [5, 5.41) is 9.65. The van der Waals surface area contributed by atoms with Crippen LogP contribution in [0, 0.1) is 0 Å². The van der Waals surface area contributed by atoms with Gasteiger partial charge in [0.05, 0.1) is 16.7 Å². The molecule has 2 rings (SSSR count). The van der Waals surface area contributed by atoms with Gasteiger partial charge in [0.15, 0.2) is 10.9 Å². The first-order chi connectivity index (χ1) is 8.68. The number of hydrogen-bond donors (Lipinski definition) is 0. The van der Waals surface area contributed by atoms with Crippen molar-refractivity contribution in [3.8, 4) is 5.75 Å². The predicted octanol–water partition coefficient (Wildman–Crippen LogP) is 3.29. The van der Waals surface area contributed by atoms with E-state index in [2.05, 4.69) is 10.2 Å². The SMILES string of the molecule is Cn1cnnc1SCCOc1c(Cl)cccc1Cl. The van der Waals surface area contributed by atoms with Crippen molar-refractivity contribution in [3.05, 3.63) is 34.6 Å². The van der Waals surface area contributed by atoms with Crippen molar-refractivity contribution >= 4 is 35.0 Å². The minimum Gasteiger partial charge on any atom is -0.490 e. The maximum absolute atomic E-state index is 5.99. The third kappa shape index (κ3) is 3.31. The highest BCUT2D eigenvalue weighted by Gasteiger charge is 2.07. The van der Waals surface area contributed by atoms with E-state index in [4.69, 9.17) is 27.9 Å². The van der Waals surface area contributed by atoms with Crippen LogP contribution in [0.5, 0.6) is 5.75 Å². The summed E-state index contributed by atoms with van der Waals surface area (Å²) in [6, 6.07) is 5.28. The van der Waals surface area contributed by atoms with Gasteiger partial charge in [0.1, 0.15) is 6.33 Å². The first-order valence-corrected chi connectivity index (χ1v) is 6.96. The number of thioether (sulfide) groups is 1. The molecule has 0 aliphatic rings. The van der Waals surface area contributed by atoms with E-state index in [0.717, 1.165) is 10.9 Å². The summed E-state index contributed by atoms with van der Waals surface area (Å²) in [7, 11) is 1.90. The monoisotopic (exact) mass is 303 g/mol. The first-order valence-electron chi connectivity index (χ1n) is 5.22. The number of aromatic nitrogens is 3. The summed E-state index contributed by atoms with van der Waals surface area (Å²) in [5.74, 6) is 1.27. The third-order valence-electron chi connectivity index (χ3n) is 2.15. The Morgan fingerprint density at radius 2 is 2.06 bits per heavy atom. The highest BCUT2D eigenvalue weighted by atomic mass is 35.5. The van der Waals surface area contributed by atoms with E-state index in [-0.39, 0.29) is 0 Å². The molecular weight excluding hydrogens is 293 g/mol. The Bertz CT molecular complexity index is 513. The molecule has 0 bridgehead atoms. The Morgan fingerprint density at radius 1 is 1.33 bits per heavy atom. The molecule has 0 amide bonds. The van der Waals surface area contributed by atoms with Crippen molar-refractivity contribution in [1.82, 2.24) is 14.8 Å². The number of hydrogen-bond acceptors (Lipinski definition) is 4. The fourth-order valence-electron chi connectivity index (χ4n) is 1.30. The molecule has 0 radical (unpaired) electrons. The summed E-state index contributed by atoms with van der Waals surface area (Å²) < 4.78 is 7.42.